The van der Waals surface area contributed by atoms with E-state index < -0.39 is 0 Å². The van der Waals surface area contributed by atoms with Gasteiger partial charge in [0.05, 0.1) is 17.1 Å². The molecule has 3 aliphatic rings. The van der Waals surface area contributed by atoms with Gasteiger partial charge < -0.3 is 4.42 Å². The van der Waals surface area contributed by atoms with Crippen LogP contribution in [0.15, 0.2) is 124 Å². The van der Waals surface area contributed by atoms with Crippen LogP contribution in [0.2, 0.25) is 0 Å². The Hall–Kier alpha value is -4.31. The van der Waals surface area contributed by atoms with Crippen LogP contribution >= 0.6 is 0 Å². The number of furan rings is 1. The number of nitrogens with one attached hydrogen (secondary N) is 1. The first kappa shape index (κ1) is 19.4. The molecule has 0 bridgehead atoms. The first-order chi connectivity index (χ1) is 16.4. The molecular weight excluding hydrogens is 406 g/mol. The molecule has 0 saturated carbocycles. The van der Waals surface area contributed by atoms with Crippen LogP contribution in [0.4, 0.5) is 5.69 Å². The van der Waals surface area contributed by atoms with Gasteiger partial charge in [0, 0.05) is 22.1 Å². The number of hydrazone groups is 1. The second-order valence-electron chi connectivity index (χ2n) is 8.09. The van der Waals surface area contributed by atoms with Gasteiger partial charge in [0.15, 0.2) is 0 Å². The molecule has 0 amide bonds. The van der Waals surface area contributed by atoms with E-state index in [1.807, 2.05) is 47.6 Å². The van der Waals surface area contributed by atoms with E-state index in [2.05, 4.69) is 72.2 Å². The van der Waals surface area contributed by atoms with Crippen molar-refractivity contribution in [3.8, 4) is 0 Å². The van der Waals surface area contributed by atoms with Crippen LogP contribution in [0.5, 0.6) is 0 Å². The van der Waals surface area contributed by atoms with E-state index in [-0.39, 0.29) is 0 Å². The van der Waals surface area contributed by atoms with Gasteiger partial charge in [-0.3, -0.25) is 5.43 Å². The Labute approximate surface area is 192 Å². The Bertz CT molecular complexity index is 1430. The van der Waals surface area contributed by atoms with Gasteiger partial charge in [-0.05, 0) is 37.1 Å². The summed E-state index contributed by atoms with van der Waals surface area (Å²) in [6.45, 7) is 0. The number of nitrogens with zero attached hydrogens (tertiary/aromatic N) is 2. The predicted molar refractivity (Wildman–Crippen MR) is 136 cm³/mol. The summed E-state index contributed by atoms with van der Waals surface area (Å²) in [5.41, 5.74) is 10.4. The Balaban J connectivity index is 1.49. The molecular formula is C29H23N3O. The monoisotopic (exact) mass is 429 g/mol. The molecule has 6 rings (SSSR count). The van der Waals surface area contributed by atoms with Crippen LogP contribution in [0.3, 0.4) is 0 Å². The van der Waals surface area contributed by atoms with E-state index >= 15 is 0 Å². The third-order valence-electron chi connectivity index (χ3n) is 5.90. The van der Waals surface area contributed by atoms with Gasteiger partial charge in [-0.2, -0.15) is 10.2 Å². The van der Waals surface area contributed by atoms with Crippen molar-refractivity contribution in [2.75, 3.05) is 5.12 Å². The third kappa shape index (κ3) is 3.66. The minimum Gasteiger partial charge on any atom is -0.455 e. The first-order valence-electron chi connectivity index (χ1n) is 11.2. The minimum atomic E-state index is 0.829. The third-order valence-corrected chi connectivity index (χ3v) is 5.90. The number of benzene rings is 2. The standard InChI is InChI=1S/C29H23N3O/c1-2-5-13-21(12-4-1)26-20-27(31-32(30-26)22-14-6-3-7-15-22)25-18-9-8-17-24-23-16-10-11-19-28(23)33-29(24)25/h1,3-8,10-20,31H,2,9H2. The van der Waals surface area contributed by atoms with Crippen molar-refractivity contribution in [2.45, 2.75) is 12.8 Å². The predicted octanol–water partition coefficient (Wildman–Crippen LogP) is 6.94. The zero-order chi connectivity index (χ0) is 22.0. The molecule has 2 heterocycles. The Kier molecular flexibility index (Phi) is 4.89. The SMILES string of the molecule is C1=CCC=CC(C2=NN(c3ccccc3)NC(C3=CCC=Cc4c3oc3ccccc43)=C2)=C1. The Morgan fingerprint density at radius 3 is 2.67 bits per heavy atom. The number of hydrogen-bond donors (Lipinski definition) is 1. The Morgan fingerprint density at radius 1 is 0.879 bits per heavy atom. The number of fused-ring (bicyclic) bond motifs is 3. The molecule has 1 aliphatic heterocycles. The maximum Gasteiger partial charge on any atom is 0.144 e. The van der Waals surface area contributed by atoms with Crippen LogP contribution in [0, 0.1) is 0 Å². The van der Waals surface area contributed by atoms with E-state index in [0.29, 0.717) is 0 Å². The van der Waals surface area contributed by atoms with Crippen molar-refractivity contribution in [2.24, 2.45) is 5.10 Å². The summed E-state index contributed by atoms with van der Waals surface area (Å²) in [6, 6.07) is 18.3. The quantitative estimate of drug-likeness (QED) is 0.490. The molecule has 0 radical (unpaired) electrons. The summed E-state index contributed by atoms with van der Waals surface area (Å²) in [5.74, 6) is 0.878. The normalized spacial score (nSPS) is 17.4. The fraction of sp³-hybridized carbons (Fsp3) is 0.0690. The molecule has 0 saturated heterocycles. The molecule has 3 aromatic rings. The molecule has 1 N–H and O–H groups in total. The summed E-state index contributed by atoms with van der Waals surface area (Å²) < 4.78 is 6.38. The van der Waals surface area contributed by atoms with Crippen molar-refractivity contribution >= 4 is 34.0 Å². The lowest BCUT2D eigenvalue weighted by atomic mass is 10.0. The summed E-state index contributed by atoms with van der Waals surface area (Å²) in [5, 5.41) is 7.89. The molecule has 160 valence electrons. The van der Waals surface area contributed by atoms with E-state index in [1.54, 1.807) is 0 Å². The molecule has 0 spiro atoms. The molecule has 2 aliphatic carbocycles. The van der Waals surface area contributed by atoms with Crippen molar-refractivity contribution in [3.05, 3.63) is 126 Å². The molecule has 0 fully saturated rings. The topological polar surface area (TPSA) is 40.8 Å². The van der Waals surface area contributed by atoms with Crippen LogP contribution in [0.25, 0.3) is 22.6 Å². The number of para-hydroxylation sites is 2. The highest BCUT2D eigenvalue weighted by Gasteiger charge is 2.25. The molecule has 1 aromatic heterocycles. The summed E-state index contributed by atoms with van der Waals surface area (Å²) in [7, 11) is 0. The molecule has 0 atom stereocenters. The number of hydrogen-bond acceptors (Lipinski definition) is 4. The van der Waals surface area contributed by atoms with Gasteiger partial charge in [0.2, 0.25) is 0 Å². The van der Waals surface area contributed by atoms with Crippen molar-refractivity contribution in [1.82, 2.24) is 5.43 Å². The number of hydrazine groups is 1. The van der Waals surface area contributed by atoms with Gasteiger partial charge in [0.25, 0.3) is 0 Å². The first-order valence-corrected chi connectivity index (χ1v) is 11.2. The largest absolute Gasteiger partial charge is 0.455 e. The molecule has 2 aromatic carbocycles. The van der Waals surface area contributed by atoms with Crippen molar-refractivity contribution < 1.29 is 4.42 Å². The van der Waals surface area contributed by atoms with Crippen molar-refractivity contribution in [3.63, 3.8) is 0 Å². The molecule has 0 unspecified atom stereocenters. The average molecular weight is 430 g/mol. The smallest absolute Gasteiger partial charge is 0.144 e. The van der Waals surface area contributed by atoms with Gasteiger partial charge in [-0.25, -0.2) is 0 Å². The highest BCUT2D eigenvalue weighted by atomic mass is 16.3. The molecule has 4 nitrogen and oxygen atoms in total. The number of allylic oxidation sites excluding steroid dienone is 10. The van der Waals surface area contributed by atoms with Crippen LogP contribution in [-0.2, 0) is 0 Å². The van der Waals surface area contributed by atoms with E-state index in [0.717, 1.165) is 63.4 Å². The van der Waals surface area contributed by atoms with Crippen LogP contribution < -0.4 is 10.5 Å². The van der Waals surface area contributed by atoms with Gasteiger partial charge in [-0.15, -0.1) is 0 Å². The van der Waals surface area contributed by atoms with Crippen LogP contribution in [0.1, 0.15) is 24.2 Å². The number of anilines is 1. The summed E-state index contributed by atoms with van der Waals surface area (Å²) in [6.07, 6.45) is 21.1. The lowest BCUT2D eigenvalue weighted by Gasteiger charge is -2.28. The summed E-state index contributed by atoms with van der Waals surface area (Å²) >= 11 is 0. The van der Waals surface area contributed by atoms with E-state index in [9.17, 15) is 0 Å². The van der Waals surface area contributed by atoms with Gasteiger partial charge >= 0.3 is 0 Å². The highest BCUT2D eigenvalue weighted by Crippen LogP contribution is 2.37. The maximum absolute atomic E-state index is 6.38. The maximum atomic E-state index is 6.38. The highest BCUT2D eigenvalue weighted by molar-refractivity contribution is 6.13. The fourth-order valence-corrected chi connectivity index (χ4v) is 4.29. The van der Waals surface area contributed by atoms with E-state index in [4.69, 9.17) is 9.52 Å². The fourth-order valence-electron chi connectivity index (χ4n) is 4.29. The zero-order valence-corrected chi connectivity index (χ0v) is 18.1. The Morgan fingerprint density at radius 2 is 1.73 bits per heavy atom. The van der Waals surface area contributed by atoms with Crippen molar-refractivity contribution in [1.29, 1.82) is 0 Å². The van der Waals surface area contributed by atoms with Crippen LogP contribution in [-0.4, -0.2) is 5.71 Å². The zero-order valence-electron chi connectivity index (χ0n) is 18.1. The van der Waals surface area contributed by atoms with E-state index in [1.165, 1.54) is 0 Å². The number of rotatable bonds is 3. The average Bonchev–Trinajstić information content (AvgIpc) is 3.05. The summed E-state index contributed by atoms with van der Waals surface area (Å²) in [4.78, 5) is 0. The second kappa shape index (κ2) is 8.32. The lowest BCUT2D eigenvalue weighted by Crippen LogP contribution is -2.37. The minimum absolute atomic E-state index is 0.829. The lowest BCUT2D eigenvalue weighted by molar-refractivity contribution is 0.596. The van der Waals surface area contributed by atoms with Gasteiger partial charge in [0.1, 0.15) is 11.3 Å². The molecule has 33 heavy (non-hydrogen) atoms. The van der Waals surface area contributed by atoms with Gasteiger partial charge in [-0.1, -0.05) is 85.0 Å². The second-order valence-corrected chi connectivity index (χ2v) is 8.09. The molecule has 4 heteroatoms.